The van der Waals surface area contributed by atoms with Crippen LogP contribution < -0.4 is 5.32 Å². The number of carbonyl (C=O) groups excluding carboxylic acids is 1. The van der Waals surface area contributed by atoms with E-state index >= 15 is 0 Å². The molecule has 0 saturated heterocycles. The van der Waals surface area contributed by atoms with E-state index in [9.17, 15) is 4.79 Å². The summed E-state index contributed by atoms with van der Waals surface area (Å²) >= 11 is 5.98. The van der Waals surface area contributed by atoms with Gasteiger partial charge in [0.25, 0.3) is 0 Å². The first-order valence-corrected chi connectivity index (χ1v) is 6.64. The van der Waals surface area contributed by atoms with Crippen LogP contribution in [0.4, 0.5) is 0 Å². The van der Waals surface area contributed by atoms with Crippen molar-refractivity contribution in [3.05, 3.63) is 34.9 Å². The van der Waals surface area contributed by atoms with Gasteiger partial charge in [-0.25, -0.2) is 0 Å². The monoisotopic (exact) mass is 269 g/mol. The van der Waals surface area contributed by atoms with E-state index in [4.69, 9.17) is 16.3 Å². The van der Waals surface area contributed by atoms with E-state index in [2.05, 4.69) is 12.2 Å². The summed E-state index contributed by atoms with van der Waals surface area (Å²) in [5.74, 6) is -0.224. The maximum atomic E-state index is 11.6. The van der Waals surface area contributed by atoms with Crippen LogP contribution in [0.15, 0.2) is 24.3 Å². The Bertz CT molecular complexity index is 395. The molecule has 18 heavy (non-hydrogen) atoms. The molecule has 0 bridgehead atoms. The van der Waals surface area contributed by atoms with Gasteiger partial charge in [0, 0.05) is 11.1 Å². The van der Waals surface area contributed by atoms with Crippen LogP contribution in [0.3, 0.4) is 0 Å². The number of hydrogen-bond acceptors (Lipinski definition) is 3. The molecule has 1 aromatic carbocycles. The van der Waals surface area contributed by atoms with E-state index in [-0.39, 0.29) is 18.1 Å². The summed E-state index contributed by atoms with van der Waals surface area (Å²) in [6.45, 7) is 6.08. The second kappa shape index (κ2) is 7.39. The number of carbonyl (C=O) groups is 1. The number of rotatable bonds is 6. The molecule has 2 unspecified atom stereocenters. The van der Waals surface area contributed by atoms with Crippen molar-refractivity contribution in [2.75, 3.05) is 6.61 Å². The summed E-state index contributed by atoms with van der Waals surface area (Å²) in [4.78, 5) is 11.6. The van der Waals surface area contributed by atoms with Crippen LogP contribution in [-0.4, -0.2) is 18.6 Å². The van der Waals surface area contributed by atoms with Gasteiger partial charge in [-0.3, -0.25) is 10.1 Å². The van der Waals surface area contributed by atoms with Gasteiger partial charge in [0.2, 0.25) is 0 Å². The maximum absolute atomic E-state index is 11.6. The van der Waals surface area contributed by atoms with Crippen molar-refractivity contribution in [1.29, 1.82) is 0 Å². The Kier molecular flexibility index (Phi) is 6.16. The third-order valence-corrected chi connectivity index (χ3v) is 2.99. The molecule has 1 N–H and O–H groups in total. The van der Waals surface area contributed by atoms with Gasteiger partial charge in [0.05, 0.1) is 6.61 Å². The molecule has 1 aromatic rings. The van der Waals surface area contributed by atoms with Crippen LogP contribution in [0, 0.1) is 0 Å². The van der Waals surface area contributed by atoms with Crippen molar-refractivity contribution in [3.63, 3.8) is 0 Å². The third-order valence-electron chi connectivity index (χ3n) is 2.75. The predicted molar refractivity (Wildman–Crippen MR) is 73.7 cm³/mol. The first-order valence-electron chi connectivity index (χ1n) is 6.26. The van der Waals surface area contributed by atoms with Crippen molar-refractivity contribution in [2.24, 2.45) is 0 Å². The second-order valence-electron chi connectivity index (χ2n) is 4.16. The van der Waals surface area contributed by atoms with Gasteiger partial charge in [-0.05, 0) is 38.0 Å². The highest BCUT2D eigenvalue weighted by atomic mass is 35.5. The third kappa shape index (κ3) is 4.31. The molecule has 4 heteroatoms. The van der Waals surface area contributed by atoms with Crippen LogP contribution in [-0.2, 0) is 9.53 Å². The molecule has 0 aliphatic carbocycles. The van der Waals surface area contributed by atoms with E-state index in [0.29, 0.717) is 11.6 Å². The summed E-state index contributed by atoms with van der Waals surface area (Å²) in [6, 6.07) is 7.45. The number of nitrogens with one attached hydrogen (secondary N) is 1. The minimum atomic E-state index is -0.325. The zero-order valence-corrected chi connectivity index (χ0v) is 11.8. The van der Waals surface area contributed by atoms with Crippen LogP contribution in [0.5, 0.6) is 0 Å². The van der Waals surface area contributed by atoms with Crippen LogP contribution in [0.1, 0.15) is 38.8 Å². The summed E-state index contributed by atoms with van der Waals surface area (Å²) in [6.07, 6.45) is 0.879. The number of ether oxygens (including phenoxy) is 1. The van der Waals surface area contributed by atoms with Crippen molar-refractivity contribution >= 4 is 17.6 Å². The molecule has 3 nitrogen and oxygen atoms in total. The second-order valence-corrected chi connectivity index (χ2v) is 4.59. The molecule has 100 valence electrons. The Labute approximate surface area is 113 Å². The number of halogens is 1. The molecule has 2 atom stereocenters. The molecule has 0 aliphatic heterocycles. The molecule has 0 saturated carbocycles. The van der Waals surface area contributed by atoms with Crippen LogP contribution >= 0.6 is 11.6 Å². The van der Waals surface area contributed by atoms with Gasteiger partial charge in [0.15, 0.2) is 0 Å². The zero-order valence-electron chi connectivity index (χ0n) is 11.1. The molecule has 0 amide bonds. The molecule has 0 heterocycles. The fourth-order valence-corrected chi connectivity index (χ4v) is 2.01. The molecule has 0 fully saturated rings. The zero-order chi connectivity index (χ0) is 13.5. The average molecular weight is 270 g/mol. The minimum absolute atomic E-state index is 0.100. The first kappa shape index (κ1) is 15.0. The number of hydrogen-bond donors (Lipinski definition) is 1. The van der Waals surface area contributed by atoms with E-state index < -0.39 is 0 Å². The highest BCUT2D eigenvalue weighted by molar-refractivity contribution is 6.30. The number of benzene rings is 1. The molecule has 0 radical (unpaired) electrons. The Morgan fingerprint density at radius 3 is 2.72 bits per heavy atom. The van der Waals surface area contributed by atoms with E-state index in [1.54, 1.807) is 6.92 Å². The quantitative estimate of drug-likeness (QED) is 0.805. The highest BCUT2D eigenvalue weighted by Gasteiger charge is 2.18. The molecule has 0 spiro atoms. The molecular weight excluding hydrogens is 250 g/mol. The Morgan fingerprint density at radius 2 is 2.17 bits per heavy atom. The number of esters is 1. The molecular formula is C14H20ClNO2. The Hall–Kier alpha value is -1.06. The summed E-state index contributed by atoms with van der Waals surface area (Å²) in [5.41, 5.74) is 1.08. The summed E-state index contributed by atoms with van der Waals surface area (Å²) in [7, 11) is 0. The largest absolute Gasteiger partial charge is 0.465 e. The SMILES string of the molecule is CCOC(=O)C(C)NC(CC)c1cccc(Cl)c1. The molecule has 0 aliphatic rings. The lowest BCUT2D eigenvalue weighted by molar-refractivity contribution is -0.145. The van der Waals surface area contributed by atoms with Crippen molar-refractivity contribution in [1.82, 2.24) is 5.32 Å². The first-order chi connectivity index (χ1) is 8.58. The van der Waals surface area contributed by atoms with E-state index in [1.807, 2.05) is 31.2 Å². The maximum Gasteiger partial charge on any atom is 0.322 e. The van der Waals surface area contributed by atoms with Gasteiger partial charge >= 0.3 is 5.97 Å². The predicted octanol–water partition coefficient (Wildman–Crippen LogP) is 3.33. The highest BCUT2D eigenvalue weighted by Crippen LogP contribution is 2.20. The smallest absolute Gasteiger partial charge is 0.322 e. The van der Waals surface area contributed by atoms with Crippen LogP contribution in [0.2, 0.25) is 5.02 Å². The fraction of sp³-hybridized carbons (Fsp3) is 0.500. The lowest BCUT2D eigenvalue weighted by atomic mass is 10.0. The normalized spacial score (nSPS) is 14.0. The summed E-state index contributed by atoms with van der Waals surface area (Å²) < 4.78 is 4.98. The standard InChI is InChI=1S/C14H20ClNO2/c1-4-13(11-7-6-8-12(15)9-11)16-10(3)14(17)18-5-2/h6-10,13,16H,4-5H2,1-3H3. The molecule has 1 rings (SSSR count). The lowest BCUT2D eigenvalue weighted by Gasteiger charge is -2.21. The van der Waals surface area contributed by atoms with Gasteiger partial charge in [-0.2, -0.15) is 0 Å². The lowest BCUT2D eigenvalue weighted by Crippen LogP contribution is -2.37. The van der Waals surface area contributed by atoms with E-state index in [1.165, 1.54) is 0 Å². The van der Waals surface area contributed by atoms with E-state index in [0.717, 1.165) is 12.0 Å². The van der Waals surface area contributed by atoms with Crippen LogP contribution in [0.25, 0.3) is 0 Å². The fourth-order valence-electron chi connectivity index (χ4n) is 1.81. The van der Waals surface area contributed by atoms with Gasteiger partial charge in [-0.15, -0.1) is 0 Å². The topological polar surface area (TPSA) is 38.3 Å². The van der Waals surface area contributed by atoms with Gasteiger partial charge in [0.1, 0.15) is 6.04 Å². The summed E-state index contributed by atoms with van der Waals surface area (Å²) in [5, 5.41) is 3.97. The Balaban J connectivity index is 2.70. The van der Waals surface area contributed by atoms with Gasteiger partial charge in [-0.1, -0.05) is 30.7 Å². The van der Waals surface area contributed by atoms with Crippen molar-refractivity contribution in [2.45, 2.75) is 39.3 Å². The van der Waals surface area contributed by atoms with Crippen molar-refractivity contribution in [3.8, 4) is 0 Å². The average Bonchev–Trinajstić information content (AvgIpc) is 2.35. The van der Waals surface area contributed by atoms with Crippen molar-refractivity contribution < 1.29 is 9.53 Å². The van der Waals surface area contributed by atoms with Gasteiger partial charge < -0.3 is 4.74 Å². The minimum Gasteiger partial charge on any atom is -0.465 e. The Morgan fingerprint density at radius 1 is 1.44 bits per heavy atom. The molecule has 0 aromatic heterocycles.